The number of carbonyl (C=O) groups excluding carboxylic acids is 1. The summed E-state index contributed by atoms with van der Waals surface area (Å²) >= 11 is 0. The quantitative estimate of drug-likeness (QED) is 0.550. The highest BCUT2D eigenvalue weighted by molar-refractivity contribution is 5.77. The number of hydrogen-bond donors (Lipinski definition) is 0. The maximum Gasteiger partial charge on any atom is 0.404 e. The first-order chi connectivity index (χ1) is 10.7. The Bertz CT molecular complexity index is 439. The standard InChI is InChI=1S/C17H25F3O3/c1-3-15(2,17(18,19)20)14(21)22-10-23-16-7-11-4-12(8-16)6-13(5-11)9-16/h11-13H,3-10H2,1-2H3. The van der Waals surface area contributed by atoms with Gasteiger partial charge in [-0.2, -0.15) is 13.2 Å². The predicted molar refractivity (Wildman–Crippen MR) is 77.4 cm³/mol. The molecule has 0 aromatic rings. The van der Waals surface area contributed by atoms with Gasteiger partial charge in [-0.25, -0.2) is 0 Å². The van der Waals surface area contributed by atoms with Gasteiger partial charge in [0.25, 0.3) is 0 Å². The average molecular weight is 334 g/mol. The van der Waals surface area contributed by atoms with E-state index < -0.39 is 17.6 Å². The fourth-order valence-corrected chi connectivity index (χ4v) is 5.04. The lowest BCUT2D eigenvalue weighted by atomic mass is 9.54. The van der Waals surface area contributed by atoms with Crippen LogP contribution in [0.2, 0.25) is 0 Å². The number of ether oxygens (including phenoxy) is 2. The van der Waals surface area contributed by atoms with E-state index in [1.54, 1.807) is 0 Å². The van der Waals surface area contributed by atoms with Crippen molar-refractivity contribution in [1.82, 2.24) is 0 Å². The molecule has 4 fully saturated rings. The Labute approximate surface area is 134 Å². The van der Waals surface area contributed by atoms with E-state index in [1.807, 2.05) is 0 Å². The summed E-state index contributed by atoms with van der Waals surface area (Å²) in [5.41, 5.74) is -2.73. The number of hydrogen-bond acceptors (Lipinski definition) is 3. The zero-order valence-electron chi connectivity index (χ0n) is 13.7. The van der Waals surface area contributed by atoms with Crippen molar-refractivity contribution in [2.45, 2.75) is 70.6 Å². The number of carbonyl (C=O) groups is 1. The van der Waals surface area contributed by atoms with Crippen molar-refractivity contribution in [3.05, 3.63) is 0 Å². The smallest absolute Gasteiger partial charge is 0.404 e. The molecule has 132 valence electrons. The van der Waals surface area contributed by atoms with Crippen LogP contribution in [0, 0.1) is 23.2 Å². The molecule has 4 aliphatic carbocycles. The van der Waals surface area contributed by atoms with Gasteiger partial charge < -0.3 is 9.47 Å². The Balaban J connectivity index is 1.56. The Morgan fingerprint density at radius 1 is 1.09 bits per heavy atom. The summed E-state index contributed by atoms with van der Waals surface area (Å²) in [6.07, 6.45) is 1.69. The molecular weight excluding hydrogens is 309 g/mol. The lowest BCUT2D eigenvalue weighted by molar-refractivity contribution is -0.246. The van der Waals surface area contributed by atoms with Crippen LogP contribution in [-0.2, 0) is 14.3 Å². The summed E-state index contributed by atoms with van der Waals surface area (Å²) in [7, 11) is 0. The van der Waals surface area contributed by atoms with Gasteiger partial charge in [-0.15, -0.1) is 0 Å². The molecule has 0 amide bonds. The Morgan fingerprint density at radius 2 is 1.57 bits per heavy atom. The highest BCUT2D eigenvalue weighted by Crippen LogP contribution is 2.57. The van der Waals surface area contributed by atoms with Crippen LogP contribution < -0.4 is 0 Å². The number of rotatable bonds is 5. The van der Waals surface area contributed by atoms with Crippen molar-refractivity contribution in [1.29, 1.82) is 0 Å². The molecule has 0 aromatic heterocycles. The van der Waals surface area contributed by atoms with Crippen LogP contribution >= 0.6 is 0 Å². The van der Waals surface area contributed by atoms with Gasteiger partial charge >= 0.3 is 12.1 Å². The summed E-state index contributed by atoms with van der Waals surface area (Å²) in [4.78, 5) is 11.9. The zero-order chi connectivity index (χ0) is 16.9. The van der Waals surface area contributed by atoms with E-state index in [1.165, 1.54) is 26.2 Å². The van der Waals surface area contributed by atoms with Gasteiger partial charge in [0.2, 0.25) is 0 Å². The van der Waals surface area contributed by atoms with Crippen LogP contribution in [0.1, 0.15) is 58.8 Å². The van der Waals surface area contributed by atoms with E-state index >= 15 is 0 Å². The van der Waals surface area contributed by atoms with E-state index in [9.17, 15) is 18.0 Å². The second-order valence-corrected chi connectivity index (χ2v) is 7.98. The van der Waals surface area contributed by atoms with Gasteiger partial charge in [-0.05, 0) is 69.6 Å². The maximum absolute atomic E-state index is 13.1. The van der Waals surface area contributed by atoms with Crippen LogP contribution in [-0.4, -0.2) is 24.5 Å². The van der Waals surface area contributed by atoms with Crippen molar-refractivity contribution in [3.63, 3.8) is 0 Å². The average Bonchev–Trinajstić information content (AvgIpc) is 2.43. The molecule has 4 rings (SSSR count). The lowest BCUT2D eigenvalue weighted by Crippen LogP contribution is -2.52. The fourth-order valence-electron chi connectivity index (χ4n) is 5.04. The fraction of sp³-hybridized carbons (Fsp3) is 0.941. The molecule has 1 atom stereocenters. The van der Waals surface area contributed by atoms with E-state index in [-0.39, 0.29) is 18.8 Å². The van der Waals surface area contributed by atoms with Crippen molar-refractivity contribution >= 4 is 5.97 Å². The third-order valence-electron chi connectivity index (χ3n) is 6.32. The van der Waals surface area contributed by atoms with Gasteiger partial charge in [-0.3, -0.25) is 4.79 Å². The summed E-state index contributed by atoms with van der Waals surface area (Å²) in [5, 5.41) is 0. The van der Waals surface area contributed by atoms with E-state index in [0.717, 1.165) is 26.2 Å². The van der Waals surface area contributed by atoms with Gasteiger partial charge in [0.05, 0.1) is 5.60 Å². The molecule has 3 nitrogen and oxygen atoms in total. The molecule has 0 aromatic carbocycles. The van der Waals surface area contributed by atoms with Crippen LogP contribution in [0.3, 0.4) is 0 Å². The summed E-state index contributed by atoms with van der Waals surface area (Å²) in [6.45, 7) is 1.87. The van der Waals surface area contributed by atoms with Crippen molar-refractivity contribution in [2.75, 3.05) is 6.79 Å². The third kappa shape index (κ3) is 2.99. The Morgan fingerprint density at radius 3 is 1.96 bits per heavy atom. The third-order valence-corrected chi connectivity index (χ3v) is 6.32. The molecule has 4 saturated carbocycles. The van der Waals surface area contributed by atoms with Crippen molar-refractivity contribution in [2.24, 2.45) is 23.2 Å². The summed E-state index contributed by atoms with van der Waals surface area (Å²) in [5.74, 6) is 0.784. The van der Waals surface area contributed by atoms with E-state index in [4.69, 9.17) is 9.47 Å². The monoisotopic (exact) mass is 334 g/mol. The minimum absolute atomic E-state index is 0.268. The van der Waals surface area contributed by atoms with Crippen molar-refractivity contribution in [3.8, 4) is 0 Å². The molecule has 0 N–H and O–H groups in total. The van der Waals surface area contributed by atoms with Crippen LogP contribution in [0.15, 0.2) is 0 Å². The van der Waals surface area contributed by atoms with E-state index in [2.05, 4.69) is 0 Å². The van der Waals surface area contributed by atoms with Gasteiger partial charge in [0.1, 0.15) is 0 Å². The molecule has 0 aliphatic heterocycles. The largest absolute Gasteiger partial charge is 0.438 e. The zero-order valence-corrected chi connectivity index (χ0v) is 13.7. The predicted octanol–water partition coefficient (Wildman–Crippen LogP) is 4.45. The van der Waals surface area contributed by atoms with E-state index in [0.29, 0.717) is 17.8 Å². The molecule has 4 bridgehead atoms. The van der Waals surface area contributed by atoms with Crippen LogP contribution in [0.5, 0.6) is 0 Å². The molecule has 0 spiro atoms. The van der Waals surface area contributed by atoms with Crippen LogP contribution in [0.4, 0.5) is 13.2 Å². The SMILES string of the molecule is CCC(C)(C(=O)OCOC12CC3CC(CC(C3)C1)C2)C(F)(F)F. The minimum atomic E-state index is -4.61. The Kier molecular flexibility index (Phi) is 4.18. The van der Waals surface area contributed by atoms with Gasteiger partial charge in [-0.1, -0.05) is 6.92 Å². The molecule has 4 aliphatic rings. The van der Waals surface area contributed by atoms with Crippen LogP contribution in [0.25, 0.3) is 0 Å². The molecule has 0 saturated heterocycles. The van der Waals surface area contributed by atoms with Gasteiger partial charge in [0, 0.05) is 0 Å². The molecular formula is C17H25F3O3. The second kappa shape index (κ2) is 5.64. The number of halogens is 3. The summed E-state index contributed by atoms with van der Waals surface area (Å²) < 4.78 is 49.9. The first kappa shape index (κ1) is 17.1. The molecule has 1 unspecified atom stereocenters. The molecule has 6 heteroatoms. The summed E-state index contributed by atoms with van der Waals surface area (Å²) in [6, 6.07) is 0. The minimum Gasteiger partial charge on any atom is -0.438 e. The highest BCUT2D eigenvalue weighted by Gasteiger charge is 2.57. The van der Waals surface area contributed by atoms with Gasteiger partial charge in [0.15, 0.2) is 12.2 Å². The maximum atomic E-state index is 13.1. The highest BCUT2D eigenvalue weighted by atomic mass is 19.4. The first-order valence-corrected chi connectivity index (χ1v) is 8.55. The Hall–Kier alpha value is -0.780. The lowest BCUT2D eigenvalue weighted by Gasteiger charge is -2.56. The number of alkyl halides is 3. The number of esters is 1. The molecule has 0 heterocycles. The van der Waals surface area contributed by atoms with Crippen molar-refractivity contribution < 1.29 is 27.4 Å². The molecule has 0 radical (unpaired) electrons. The first-order valence-electron chi connectivity index (χ1n) is 8.55. The second-order valence-electron chi connectivity index (χ2n) is 7.98. The normalized spacial score (nSPS) is 38.4. The topological polar surface area (TPSA) is 35.5 Å². The molecule has 23 heavy (non-hydrogen) atoms.